The summed E-state index contributed by atoms with van der Waals surface area (Å²) >= 11 is 11.8. The molecule has 19 heavy (non-hydrogen) atoms. The van der Waals surface area contributed by atoms with E-state index in [0.717, 1.165) is 5.56 Å². The Kier molecular flexibility index (Phi) is 4.23. The van der Waals surface area contributed by atoms with Gasteiger partial charge in [-0.05, 0) is 48.4 Å². The molecule has 98 valence electrons. The molecule has 0 radical (unpaired) electrons. The number of benzene rings is 2. The lowest BCUT2D eigenvalue weighted by Gasteiger charge is -2.07. The zero-order valence-corrected chi connectivity index (χ0v) is 11.7. The second-order valence-corrected chi connectivity index (χ2v) is 5.14. The first-order valence-electron chi connectivity index (χ1n) is 5.70. The number of Topliss-reactive ketones (excluding diaryl/α,β-unsaturated/α-hetero) is 1. The second-order valence-electron chi connectivity index (χ2n) is 4.29. The molecule has 0 aliphatic heterocycles. The Hall–Kier alpha value is -1.38. The predicted molar refractivity (Wildman–Crippen MR) is 75.6 cm³/mol. The summed E-state index contributed by atoms with van der Waals surface area (Å²) in [6.07, 6.45) is 0.0533. The van der Waals surface area contributed by atoms with E-state index in [0.29, 0.717) is 21.2 Å². The van der Waals surface area contributed by atoms with Crippen molar-refractivity contribution in [1.29, 1.82) is 0 Å². The van der Waals surface area contributed by atoms with Crippen LogP contribution in [0.25, 0.3) is 0 Å². The van der Waals surface area contributed by atoms with Crippen molar-refractivity contribution in [2.45, 2.75) is 13.3 Å². The van der Waals surface area contributed by atoms with E-state index < -0.39 is 5.82 Å². The van der Waals surface area contributed by atoms with Crippen molar-refractivity contribution in [1.82, 2.24) is 0 Å². The number of aryl methyl sites for hydroxylation is 1. The summed E-state index contributed by atoms with van der Waals surface area (Å²) in [5.41, 5.74) is 1.85. The van der Waals surface area contributed by atoms with Crippen molar-refractivity contribution in [3.8, 4) is 0 Å². The molecule has 0 heterocycles. The second kappa shape index (κ2) is 5.72. The molecular weight excluding hydrogens is 286 g/mol. The van der Waals surface area contributed by atoms with Gasteiger partial charge < -0.3 is 0 Å². The molecule has 4 heteroatoms. The van der Waals surface area contributed by atoms with E-state index in [-0.39, 0.29) is 12.2 Å². The van der Waals surface area contributed by atoms with E-state index >= 15 is 0 Å². The van der Waals surface area contributed by atoms with Gasteiger partial charge in [-0.1, -0.05) is 29.3 Å². The van der Waals surface area contributed by atoms with Crippen LogP contribution in [0.1, 0.15) is 21.5 Å². The van der Waals surface area contributed by atoms with Gasteiger partial charge in [-0.25, -0.2) is 4.39 Å². The molecule has 2 aromatic rings. The van der Waals surface area contributed by atoms with E-state index in [1.54, 1.807) is 18.2 Å². The molecule has 2 rings (SSSR count). The van der Waals surface area contributed by atoms with Gasteiger partial charge >= 0.3 is 0 Å². The maximum atomic E-state index is 13.2. The number of halogens is 3. The molecule has 0 amide bonds. The molecule has 0 atom stereocenters. The van der Waals surface area contributed by atoms with Crippen LogP contribution < -0.4 is 0 Å². The highest BCUT2D eigenvalue weighted by Crippen LogP contribution is 2.21. The topological polar surface area (TPSA) is 17.1 Å². The molecule has 0 bridgehead atoms. The molecule has 2 aromatic carbocycles. The van der Waals surface area contributed by atoms with Crippen LogP contribution in [0.4, 0.5) is 4.39 Å². The van der Waals surface area contributed by atoms with Gasteiger partial charge in [0.1, 0.15) is 5.82 Å². The molecule has 1 nitrogen and oxygen atoms in total. The minimum Gasteiger partial charge on any atom is -0.294 e. The van der Waals surface area contributed by atoms with Crippen LogP contribution in [0.5, 0.6) is 0 Å². The van der Waals surface area contributed by atoms with Gasteiger partial charge in [0.15, 0.2) is 5.78 Å². The monoisotopic (exact) mass is 296 g/mol. The molecule has 0 aliphatic rings. The van der Waals surface area contributed by atoms with Crippen molar-refractivity contribution in [2.24, 2.45) is 0 Å². The van der Waals surface area contributed by atoms with Gasteiger partial charge in [0.2, 0.25) is 0 Å². The summed E-state index contributed by atoms with van der Waals surface area (Å²) in [6, 6.07) is 9.11. The molecular formula is C15H11Cl2FO. The highest BCUT2D eigenvalue weighted by Gasteiger charge is 2.13. The SMILES string of the molecule is Cc1ccc(Cl)cc1C(=O)Cc1cc(F)ccc1Cl. The van der Waals surface area contributed by atoms with E-state index in [4.69, 9.17) is 23.2 Å². The Labute approximate surface area is 121 Å². The lowest BCUT2D eigenvalue weighted by molar-refractivity contribution is 0.0992. The van der Waals surface area contributed by atoms with Crippen LogP contribution >= 0.6 is 23.2 Å². The van der Waals surface area contributed by atoms with Crippen LogP contribution in [0.3, 0.4) is 0 Å². The average molecular weight is 297 g/mol. The molecule has 0 unspecified atom stereocenters. The van der Waals surface area contributed by atoms with Gasteiger partial charge in [0, 0.05) is 22.0 Å². The van der Waals surface area contributed by atoms with E-state index in [1.807, 2.05) is 6.92 Å². The van der Waals surface area contributed by atoms with E-state index in [1.165, 1.54) is 18.2 Å². The lowest BCUT2D eigenvalue weighted by Crippen LogP contribution is -2.06. The van der Waals surface area contributed by atoms with Crippen molar-refractivity contribution in [3.63, 3.8) is 0 Å². The predicted octanol–water partition coefficient (Wildman–Crippen LogP) is 4.87. The molecule has 0 aliphatic carbocycles. The molecule has 0 saturated carbocycles. The third kappa shape index (κ3) is 3.34. The van der Waals surface area contributed by atoms with Crippen molar-refractivity contribution in [2.75, 3.05) is 0 Å². The number of carbonyl (C=O) groups is 1. The van der Waals surface area contributed by atoms with Gasteiger partial charge in [0.25, 0.3) is 0 Å². The first kappa shape index (κ1) is 14.0. The fourth-order valence-electron chi connectivity index (χ4n) is 1.84. The molecule has 0 fully saturated rings. The quantitative estimate of drug-likeness (QED) is 0.739. The highest BCUT2D eigenvalue weighted by atomic mass is 35.5. The maximum absolute atomic E-state index is 13.2. The normalized spacial score (nSPS) is 10.5. The first-order valence-corrected chi connectivity index (χ1v) is 6.46. The van der Waals surface area contributed by atoms with E-state index in [9.17, 15) is 9.18 Å². The fraction of sp³-hybridized carbons (Fsp3) is 0.133. The van der Waals surface area contributed by atoms with E-state index in [2.05, 4.69) is 0 Å². The minimum atomic E-state index is -0.407. The molecule has 0 saturated heterocycles. The summed E-state index contributed by atoms with van der Waals surface area (Å²) in [5.74, 6) is -0.539. The number of ketones is 1. The largest absolute Gasteiger partial charge is 0.294 e. The maximum Gasteiger partial charge on any atom is 0.167 e. The first-order chi connectivity index (χ1) is 8.97. The summed E-state index contributed by atoms with van der Waals surface area (Å²) in [5, 5.41) is 0.883. The third-order valence-electron chi connectivity index (χ3n) is 2.86. The highest BCUT2D eigenvalue weighted by molar-refractivity contribution is 6.32. The fourth-order valence-corrected chi connectivity index (χ4v) is 2.20. The number of hydrogen-bond donors (Lipinski definition) is 0. The summed E-state index contributed by atoms with van der Waals surface area (Å²) in [7, 11) is 0. The number of rotatable bonds is 3. The Balaban J connectivity index is 2.30. The Morgan fingerprint density at radius 1 is 1.16 bits per heavy atom. The van der Waals surface area contributed by atoms with Gasteiger partial charge in [-0.3, -0.25) is 4.79 Å². The minimum absolute atomic E-state index is 0.0533. The average Bonchev–Trinajstić information content (AvgIpc) is 2.36. The Bertz CT molecular complexity index is 638. The van der Waals surface area contributed by atoms with Crippen molar-refractivity contribution < 1.29 is 9.18 Å². The van der Waals surface area contributed by atoms with Crippen LogP contribution in [0.15, 0.2) is 36.4 Å². The van der Waals surface area contributed by atoms with Gasteiger partial charge in [0.05, 0.1) is 0 Å². The van der Waals surface area contributed by atoms with Crippen molar-refractivity contribution in [3.05, 3.63) is 69.0 Å². The molecule has 0 spiro atoms. The lowest BCUT2D eigenvalue weighted by atomic mass is 9.99. The van der Waals surface area contributed by atoms with Gasteiger partial charge in [-0.15, -0.1) is 0 Å². The molecule has 0 N–H and O–H groups in total. The Morgan fingerprint density at radius 3 is 2.63 bits per heavy atom. The standard InChI is InChI=1S/C15H11Cl2FO/c1-9-2-3-11(16)8-13(9)15(19)7-10-6-12(18)4-5-14(10)17/h2-6,8H,7H2,1H3. The zero-order valence-electron chi connectivity index (χ0n) is 10.2. The summed E-state index contributed by atoms with van der Waals surface area (Å²) < 4.78 is 13.2. The Morgan fingerprint density at radius 2 is 1.89 bits per heavy atom. The van der Waals surface area contributed by atoms with Crippen LogP contribution in [0.2, 0.25) is 10.0 Å². The molecule has 0 aromatic heterocycles. The van der Waals surface area contributed by atoms with Crippen LogP contribution in [-0.4, -0.2) is 5.78 Å². The zero-order chi connectivity index (χ0) is 14.0. The number of hydrogen-bond acceptors (Lipinski definition) is 1. The third-order valence-corrected chi connectivity index (χ3v) is 3.46. The summed E-state index contributed by atoms with van der Waals surface area (Å²) in [6.45, 7) is 1.83. The van der Waals surface area contributed by atoms with Crippen molar-refractivity contribution >= 4 is 29.0 Å². The number of carbonyl (C=O) groups excluding carboxylic acids is 1. The summed E-state index contributed by atoms with van der Waals surface area (Å²) in [4.78, 5) is 12.2. The van der Waals surface area contributed by atoms with Crippen LogP contribution in [0, 0.1) is 12.7 Å². The smallest absolute Gasteiger partial charge is 0.167 e. The van der Waals surface area contributed by atoms with Gasteiger partial charge in [-0.2, -0.15) is 0 Å². The van der Waals surface area contributed by atoms with Crippen LogP contribution in [-0.2, 0) is 6.42 Å².